The normalized spacial score (nSPS) is 19.7. The van der Waals surface area contributed by atoms with Crippen molar-refractivity contribution in [3.05, 3.63) is 93.0 Å². The zero-order valence-corrected chi connectivity index (χ0v) is 26.2. The lowest BCUT2D eigenvalue weighted by atomic mass is 9.93. The molecule has 0 radical (unpaired) electrons. The van der Waals surface area contributed by atoms with Gasteiger partial charge in [0.05, 0.1) is 12.7 Å². The first-order chi connectivity index (χ1) is 19.5. The van der Waals surface area contributed by atoms with Gasteiger partial charge in [0.2, 0.25) is 0 Å². The molecule has 4 rings (SSSR count). The molecule has 1 aliphatic heterocycles. The summed E-state index contributed by atoms with van der Waals surface area (Å²) < 4.78 is 37.3. The topological polar surface area (TPSA) is 71.1 Å². The van der Waals surface area contributed by atoms with E-state index >= 15 is 0 Å². The van der Waals surface area contributed by atoms with Crippen molar-refractivity contribution in [2.75, 3.05) is 13.0 Å². The fourth-order valence-corrected chi connectivity index (χ4v) is 6.90. The van der Waals surface area contributed by atoms with Gasteiger partial charge in [0.15, 0.2) is 6.35 Å². The Morgan fingerprint density at radius 2 is 1.80 bits per heavy atom. The molecule has 1 unspecified atom stereocenters. The number of hydrogen-bond acceptors (Lipinski definition) is 6. The molecule has 41 heavy (non-hydrogen) atoms. The third-order valence-corrected chi connectivity index (χ3v) is 9.13. The molecule has 6 nitrogen and oxygen atoms in total. The molecule has 8 heteroatoms. The van der Waals surface area contributed by atoms with E-state index in [0.717, 1.165) is 59.9 Å². The predicted molar refractivity (Wildman–Crippen MR) is 163 cm³/mol. The molecule has 0 amide bonds. The van der Waals surface area contributed by atoms with Gasteiger partial charge in [0, 0.05) is 11.9 Å². The summed E-state index contributed by atoms with van der Waals surface area (Å²) in [7, 11) is -3.54. The Labute approximate surface area is 248 Å². The SMILES string of the molecule is CC(=O)Oc1ccc(Cc2c(C)cc(OCP3(=O)OCCCCC[C@@H](c4cccc(Cl)c4)O3)cc2C)cc1C(C)C. The molecule has 1 fully saturated rings. The molecule has 2 atom stereocenters. The summed E-state index contributed by atoms with van der Waals surface area (Å²) in [6, 6.07) is 17.4. The van der Waals surface area contributed by atoms with Gasteiger partial charge in [0.25, 0.3) is 0 Å². The second-order valence-electron chi connectivity index (χ2n) is 11.0. The molecule has 220 valence electrons. The van der Waals surface area contributed by atoms with Crippen LogP contribution in [0.1, 0.15) is 91.9 Å². The summed E-state index contributed by atoms with van der Waals surface area (Å²) in [4.78, 5) is 11.5. The van der Waals surface area contributed by atoms with Gasteiger partial charge in [-0.05, 0) is 103 Å². The summed E-state index contributed by atoms with van der Waals surface area (Å²) in [5.41, 5.74) is 6.36. The molecular weight excluding hydrogens is 559 g/mol. The number of aryl methyl sites for hydroxylation is 2. The lowest BCUT2D eigenvalue weighted by Gasteiger charge is -2.24. The van der Waals surface area contributed by atoms with Gasteiger partial charge in [-0.15, -0.1) is 0 Å². The maximum Gasteiger partial charge on any atom is 0.368 e. The van der Waals surface area contributed by atoms with E-state index in [0.29, 0.717) is 23.1 Å². The molecule has 1 aliphatic rings. The molecule has 0 aromatic heterocycles. The number of rotatable bonds is 8. The summed E-state index contributed by atoms with van der Waals surface area (Å²) in [5, 5.41) is 0.616. The quantitative estimate of drug-likeness (QED) is 0.146. The Morgan fingerprint density at radius 3 is 2.49 bits per heavy atom. The fraction of sp³-hybridized carbons (Fsp3) is 0.424. The van der Waals surface area contributed by atoms with Crippen LogP contribution in [0.25, 0.3) is 0 Å². The average Bonchev–Trinajstić information content (AvgIpc) is 3.00. The van der Waals surface area contributed by atoms with Crippen LogP contribution in [0.3, 0.4) is 0 Å². The summed E-state index contributed by atoms with van der Waals surface area (Å²) in [5.74, 6) is 1.12. The number of benzene rings is 3. The maximum absolute atomic E-state index is 13.8. The van der Waals surface area contributed by atoms with E-state index in [1.54, 1.807) is 0 Å². The largest absolute Gasteiger partial charge is 0.481 e. The molecule has 1 heterocycles. The van der Waals surface area contributed by atoms with Crippen molar-refractivity contribution in [2.24, 2.45) is 0 Å². The number of ether oxygens (including phenoxy) is 2. The maximum atomic E-state index is 13.8. The minimum absolute atomic E-state index is 0.169. The Hall–Kier alpha value is -2.63. The Morgan fingerprint density at radius 1 is 1.05 bits per heavy atom. The van der Waals surface area contributed by atoms with Gasteiger partial charge < -0.3 is 14.0 Å². The molecule has 0 saturated carbocycles. The van der Waals surface area contributed by atoms with Crippen LogP contribution in [-0.2, 0) is 24.8 Å². The molecular formula is C33H40ClO6P. The average molecular weight is 599 g/mol. The van der Waals surface area contributed by atoms with Crippen LogP contribution >= 0.6 is 19.2 Å². The van der Waals surface area contributed by atoms with Crippen molar-refractivity contribution >= 4 is 25.2 Å². The first-order valence-electron chi connectivity index (χ1n) is 14.2. The highest BCUT2D eigenvalue weighted by molar-refractivity contribution is 7.53. The third-order valence-electron chi connectivity index (χ3n) is 7.30. The first kappa shape index (κ1) is 31.3. The lowest BCUT2D eigenvalue weighted by molar-refractivity contribution is -0.131. The molecule has 0 spiro atoms. The molecule has 0 N–H and O–H groups in total. The fourth-order valence-electron chi connectivity index (χ4n) is 5.17. The van der Waals surface area contributed by atoms with Crippen molar-refractivity contribution in [3.63, 3.8) is 0 Å². The smallest absolute Gasteiger partial charge is 0.368 e. The van der Waals surface area contributed by atoms with E-state index in [1.165, 1.54) is 12.5 Å². The Kier molecular flexibility index (Phi) is 10.7. The van der Waals surface area contributed by atoms with Gasteiger partial charge in [-0.1, -0.05) is 62.6 Å². The molecule has 3 aromatic rings. The number of halogens is 1. The highest BCUT2D eigenvalue weighted by Gasteiger charge is 2.32. The minimum Gasteiger partial charge on any atom is -0.481 e. The number of esters is 1. The number of carbonyl (C=O) groups excluding carboxylic acids is 1. The second-order valence-corrected chi connectivity index (χ2v) is 13.4. The van der Waals surface area contributed by atoms with E-state index < -0.39 is 7.60 Å². The van der Waals surface area contributed by atoms with Gasteiger partial charge in [-0.2, -0.15) is 0 Å². The van der Waals surface area contributed by atoms with Gasteiger partial charge in [-0.3, -0.25) is 13.9 Å². The van der Waals surface area contributed by atoms with Crippen LogP contribution in [0.4, 0.5) is 0 Å². The molecule has 3 aromatic carbocycles. The highest BCUT2D eigenvalue weighted by Crippen LogP contribution is 2.54. The van der Waals surface area contributed by atoms with E-state index in [9.17, 15) is 9.36 Å². The highest BCUT2D eigenvalue weighted by atomic mass is 35.5. The van der Waals surface area contributed by atoms with Crippen LogP contribution in [0.5, 0.6) is 11.5 Å². The van der Waals surface area contributed by atoms with Crippen molar-refractivity contribution in [1.82, 2.24) is 0 Å². The van der Waals surface area contributed by atoms with E-state index in [-0.39, 0.29) is 24.3 Å². The summed E-state index contributed by atoms with van der Waals surface area (Å²) in [6.45, 7) is 10.1. The molecule has 0 bridgehead atoms. The van der Waals surface area contributed by atoms with E-state index in [4.69, 9.17) is 30.1 Å². The van der Waals surface area contributed by atoms with Crippen LogP contribution < -0.4 is 9.47 Å². The van der Waals surface area contributed by atoms with E-state index in [1.807, 2.05) is 48.5 Å². The number of hydrogen-bond donors (Lipinski definition) is 0. The van der Waals surface area contributed by atoms with Gasteiger partial charge in [-0.25, -0.2) is 0 Å². The van der Waals surface area contributed by atoms with E-state index in [2.05, 4.69) is 33.8 Å². The summed E-state index contributed by atoms with van der Waals surface area (Å²) >= 11 is 6.22. The number of carbonyl (C=O) groups is 1. The monoisotopic (exact) mass is 598 g/mol. The van der Waals surface area contributed by atoms with Crippen molar-refractivity contribution < 1.29 is 27.9 Å². The van der Waals surface area contributed by atoms with Crippen LogP contribution in [0.2, 0.25) is 5.02 Å². The zero-order chi connectivity index (χ0) is 29.6. The predicted octanol–water partition coefficient (Wildman–Crippen LogP) is 9.47. The van der Waals surface area contributed by atoms with Gasteiger partial charge >= 0.3 is 13.6 Å². The molecule has 0 aliphatic carbocycles. The zero-order valence-electron chi connectivity index (χ0n) is 24.6. The van der Waals surface area contributed by atoms with Crippen LogP contribution in [-0.4, -0.2) is 18.9 Å². The molecule has 1 saturated heterocycles. The lowest BCUT2D eigenvalue weighted by Crippen LogP contribution is -2.10. The van der Waals surface area contributed by atoms with Crippen LogP contribution in [0, 0.1) is 13.8 Å². The van der Waals surface area contributed by atoms with Crippen molar-refractivity contribution in [1.29, 1.82) is 0 Å². The first-order valence-corrected chi connectivity index (χ1v) is 16.3. The summed E-state index contributed by atoms with van der Waals surface area (Å²) in [6.07, 6.45) is 3.67. The second kappa shape index (κ2) is 14.0. The van der Waals surface area contributed by atoms with Crippen LogP contribution in [0.15, 0.2) is 54.6 Å². The Balaban J connectivity index is 1.50. The van der Waals surface area contributed by atoms with Crippen molar-refractivity contribution in [2.45, 2.75) is 78.7 Å². The van der Waals surface area contributed by atoms with Gasteiger partial charge in [0.1, 0.15) is 11.5 Å². The standard InChI is InChI=1S/C33H40ClO6P/c1-22(2)30-18-26(13-14-33(30)39-25(5)35)19-31-23(3)16-29(17-24(31)4)37-21-41(36)38-15-8-6-7-12-32(40-41)27-10-9-11-28(34)20-27/h9-11,13-14,16-18,20,22,32H,6-8,12,15,19,21H2,1-5H3/t32-,41?/m0/s1. The minimum atomic E-state index is -3.54. The third kappa shape index (κ3) is 8.68. The van der Waals surface area contributed by atoms with Crippen molar-refractivity contribution in [3.8, 4) is 11.5 Å². The Bertz CT molecular complexity index is 1400.